The summed E-state index contributed by atoms with van der Waals surface area (Å²) in [5.74, 6) is 0.791. The van der Waals surface area contributed by atoms with E-state index in [0.717, 1.165) is 17.1 Å². The van der Waals surface area contributed by atoms with E-state index in [4.69, 9.17) is 4.52 Å². The van der Waals surface area contributed by atoms with Crippen molar-refractivity contribution >= 4 is 0 Å². The van der Waals surface area contributed by atoms with Crippen molar-refractivity contribution in [2.75, 3.05) is 0 Å². The molecule has 0 atom stereocenters. The zero-order chi connectivity index (χ0) is 9.80. The molecular weight excluding hydrogens is 184 g/mol. The van der Waals surface area contributed by atoms with E-state index in [1.807, 2.05) is 6.92 Å². The average molecular weight is 194 g/mol. The second-order valence-electron chi connectivity index (χ2n) is 2.88. The molecule has 2 aromatic rings. The fourth-order valence-electron chi connectivity index (χ4n) is 1.05. The summed E-state index contributed by atoms with van der Waals surface area (Å²) in [5, 5.41) is 14.1. The molecule has 0 fully saturated rings. The summed E-state index contributed by atoms with van der Waals surface area (Å²) in [4.78, 5) is 0. The van der Waals surface area contributed by atoms with E-state index in [0.29, 0.717) is 13.1 Å². The Bertz CT molecular complexity index is 382. The van der Waals surface area contributed by atoms with Gasteiger partial charge in [-0.25, -0.2) is 4.63 Å². The molecule has 0 radical (unpaired) electrons. The standard InChI is InChI=1S/C8H10N4O2/c1-6-8(12-14-11-6)5-9-4-7-2-3-10-13-7/h2-3,9H,4-5H2,1H3. The molecule has 1 N–H and O–H groups in total. The lowest BCUT2D eigenvalue weighted by molar-refractivity contribution is 0.300. The van der Waals surface area contributed by atoms with Crippen molar-refractivity contribution in [1.82, 2.24) is 20.8 Å². The number of hydrogen-bond acceptors (Lipinski definition) is 6. The van der Waals surface area contributed by atoms with Crippen LogP contribution >= 0.6 is 0 Å². The molecule has 0 saturated heterocycles. The van der Waals surface area contributed by atoms with Gasteiger partial charge in [-0.05, 0) is 6.92 Å². The fraction of sp³-hybridized carbons (Fsp3) is 0.375. The number of nitrogens with one attached hydrogen (secondary N) is 1. The maximum Gasteiger partial charge on any atom is 0.150 e. The van der Waals surface area contributed by atoms with Gasteiger partial charge in [0.1, 0.15) is 17.1 Å². The maximum absolute atomic E-state index is 4.91. The molecule has 6 heteroatoms. The first-order valence-corrected chi connectivity index (χ1v) is 4.24. The molecule has 0 spiro atoms. The Kier molecular flexibility index (Phi) is 2.55. The van der Waals surface area contributed by atoms with E-state index >= 15 is 0 Å². The van der Waals surface area contributed by atoms with Gasteiger partial charge in [-0.1, -0.05) is 15.5 Å². The van der Waals surface area contributed by atoms with Crippen LogP contribution in [0.25, 0.3) is 0 Å². The predicted molar refractivity (Wildman–Crippen MR) is 46.1 cm³/mol. The van der Waals surface area contributed by atoms with Crippen LogP contribution < -0.4 is 5.32 Å². The molecule has 0 aliphatic carbocycles. The Balaban J connectivity index is 1.81. The molecule has 0 aliphatic heterocycles. The molecule has 0 aromatic carbocycles. The highest BCUT2D eigenvalue weighted by atomic mass is 16.6. The van der Waals surface area contributed by atoms with Crippen molar-refractivity contribution < 1.29 is 9.15 Å². The van der Waals surface area contributed by atoms with Crippen molar-refractivity contribution in [2.45, 2.75) is 20.0 Å². The number of rotatable bonds is 4. The number of hydrogen-bond donors (Lipinski definition) is 1. The van der Waals surface area contributed by atoms with Gasteiger partial charge < -0.3 is 9.84 Å². The van der Waals surface area contributed by atoms with E-state index in [2.05, 4.69) is 25.4 Å². The molecule has 0 bridgehead atoms. The van der Waals surface area contributed by atoms with Crippen LogP contribution in [0.1, 0.15) is 17.1 Å². The molecule has 0 aliphatic rings. The van der Waals surface area contributed by atoms with Crippen LogP contribution in [0.5, 0.6) is 0 Å². The molecule has 2 rings (SSSR count). The Morgan fingerprint density at radius 1 is 1.36 bits per heavy atom. The SMILES string of the molecule is Cc1nonc1CNCc1ccno1. The van der Waals surface area contributed by atoms with E-state index in [-0.39, 0.29) is 0 Å². The smallest absolute Gasteiger partial charge is 0.150 e. The van der Waals surface area contributed by atoms with E-state index < -0.39 is 0 Å². The van der Waals surface area contributed by atoms with Crippen LogP contribution in [0, 0.1) is 6.92 Å². The lowest BCUT2D eigenvalue weighted by atomic mass is 10.3. The summed E-state index contributed by atoms with van der Waals surface area (Å²) in [5.41, 5.74) is 1.61. The van der Waals surface area contributed by atoms with Gasteiger partial charge in [0, 0.05) is 12.6 Å². The van der Waals surface area contributed by atoms with Gasteiger partial charge in [-0.15, -0.1) is 0 Å². The Labute approximate surface area is 80.2 Å². The van der Waals surface area contributed by atoms with Gasteiger partial charge in [0.2, 0.25) is 0 Å². The molecule has 2 aromatic heterocycles. The third-order valence-corrected chi connectivity index (χ3v) is 1.83. The Morgan fingerprint density at radius 2 is 2.29 bits per heavy atom. The normalized spacial score (nSPS) is 10.6. The van der Waals surface area contributed by atoms with Gasteiger partial charge in [0.25, 0.3) is 0 Å². The van der Waals surface area contributed by atoms with Crippen LogP contribution in [0.2, 0.25) is 0 Å². The second-order valence-corrected chi connectivity index (χ2v) is 2.88. The van der Waals surface area contributed by atoms with E-state index in [1.54, 1.807) is 12.3 Å². The van der Waals surface area contributed by atoms with Crippen LogP contribution in [0.15, 0.2) is 21.4 Å². The monoisotopic (exact) mass is 194 g/mol. The highest BCUT2D eigenvalue weighted by Crippen LogP contribution is 2.01. The number of nitrogens with zero attached hydrogens (tertiary/aromatic N) is 3. The molecule has 0 amide bonds. The first-order valence-electron chi connectivity index (χ1n) is 4.24. The van der Waals surface area contributed by atoms with E-state index in [1.165, 1.54) is 0 Å². The summed E-state index contributed by atoms with van der Waals surface area (Å²) in [6, 6.07) is 1.81. The zero-order valence-corrected chi connectivity index (χ0v) is 7.73. The van der Waals surface area contributed by atoms with Crippen LogP contribution in [-0.2, 0) is 13.1 Å². The highest BCUT2D eigenvalue weighted by Gasteiger charge is 2.04. The predicted octanol–water partition coefficient (Wildman–Crippen LogP) is 0.656. The first kappa shape index (κ1) is 8.89. The minimum Gasteiger partial charge on any atom is -0.360 e. The molecule has 0 unspecified atom stereocenters. The summed E-state index contributed by atoms with van der Waals surface area (Å²) in [6.45, 7) is 3.07. The molecule has 14 heavy (non-hydrogen) atoms. The molecule has 2 heterocycles. The Hall–Kier alpha value is -1.69. The number of aromatic nitrogens is 3. The van der Waals surface area contributed by atoms with Gasteiger partial charge in [-0.2, -0.15) is 0 Å². The molecule has 6 nitrogen and oxygen atoms in total. The summed E-state index contributed by atoms with van der Waals surface area (Å²) in [7, 11) is 0. The topological polar surface area (TPSA) is 77.0 Å². The zero-order valence-electron chi connectivity index (χ0n) is 7.73. The van der Waals surface area contributed by atoms with Crippen molar-refractivity contribution in [3.8, 4) is 0 Å². The van der Waals surface area contributed by atoms with Gasteiger partial charge in [0.15, 0.2) is 0 Å². The maximum atomic E-state index is 4.91. The minimum atomic E-state index is 0.607. The van der Waals surface area contributed by atoms with Crippen molar-refractivity contribution in [3.63, 3.8) is 0 Å². The average Bonchev–Trinajstić information content (AvgIpc) is 2.78. The van der Waals surface area contributed by atoms with Gasteiger partial charge in [-0.3, -0.25) is 0 Å². The van der Waals surface area contributed by atoms with Gasteiger partial charge in [0.05, 0.1) is 12.7 Å². The minimum absolute atomic E-state index is 0.607. The van der Waals surface area contributed by atoms with Crippen molar-refractivity contribution in [2.24, 2.45) is 0 Å². The summed E-state index contributed by atoms with van der Waals surface area (Å²) in [6.07, 6.45) is 1.61. The number of aryl methyl sites for hydroxylation is 1. The fourth-order valence-corrected chi connectivity index (χ4v) is 1.05. The lowest BCUT2D eigenvalue weighted by Crippen LogP contribution is -2.13. The van der Waals surface area contributed by atoms with Gasteiger partial charge >= 0.3 is 0 Å². The summed E-state index contributed by atoms with van der Waals surface area (Å²) < 4.78 is 9.47. The molecule has 74 valence electrons. The first-order chi connectivity index (χ1) is 6.86. The second kappa shape index (κ2) is 4.01. The van der Waals surface area contributed by atoms with Crippen LogP contribution in [0.4, 0.5) is 0 Å². The quantitative estimate of drug-likeness (QED) is 0.770. The van der Waals surface area contributed by atoms with E-state index in [9.17, 15) is 0 Å². The lowest BCUT2D eigenvalue weighted by Gasteiger charge is -1.97. The Morgan fingerprint density at radius 3 is 2.93 bits per heavy atom. The molecular formula is C8H10N4O2. The van der Waals surface area contributed by atoms with Crippen LogP contribution in [0.3, 0.4) is 0 Å². The third-order valence-electron chi connectivity index (χ3n) is 1.83. The van der Waals surface area contributed by atoms with Crippen molar-refractivity contribution in [3.05, 3.63) is 29.4 Å². The van der Waals surface area contributed by atoms with Crippen LogP contribution in [-0.4, -0.2) is 15.5 Å². The molecule has 0 saturated carbocycles. The third kappa shape index (κ3) is 1.97. The van der Waals surface area contributed by atoms with Crippen molar-refractivity contribution in [1.29, 1.82) is 0 Å². The largest absolute Gasteiger partial charge is 0.360 e. The highest BCUT2D eigenvalue weighted by molar-refractivity contribution is 5.04. The summed E-state index contributed by atoms with van der Waals surface area (Å²) >= 11 is 0.